The Morgan fingerprint density at radius 3 is 2.60 bits per heavy atom. The second kappa shape index (κ2) is 5.48. The first-order valence-corrected chi connectivity index (χ1v) is 5.87. The van der Waals surface area contributed by atoms with Crippen molar-refractivity contribution in [3.05, 3.63) is 50.2 Å². The van der Waals surface area contributed by atoms with Gasteiger partial charge in [0.15, 0.2) is 11.6 Å². The summed E-state index contributed by atoms with van der Waals surface area (Å²) in [6.07, 6.45) is 0. The minimum absolute atomic E-state index is 0.0296. The largest absolute Gasteiger partial charge is 0.434 e. The number of rotatable bonds is 3. The van der Waals surface area contributed by atoms with Gasteiger partial charge in [-0.1, -0.05) is 23.2 Å². The zero-order valence-electron chi connectivity index (χ0n) is 9.64. The molecule has 1 heterocycles. The molecule has 0 bridgehead atoms. The SMILES string of the molecule is Nc1nc(Oc2ccc([N+](=O)[O-])cc2F)c(Cl)cc1Cl. The van der Waals surface area contributed by atoms with Crippen LogP contribution in [-0.4, -0.2) is 9.91 Å². The molecule has 2 N–H and O–H groups in total. The van der Waals surface area contributed by atoms with Crippen molar-refractivity contribution in [2.45, 2.75) is 0 Å². The van der Waals surface area contributed by atoms with Crippen molar-refractivity contribution in [1.29, 1.82) is 0 Å². The van der Waals surface area contributed by atoms with Crippen LogP contribution in [0.2, 0.25) is 10.0 Å². The molecule has 0 atom stereocenters. The number of nitrogens with two attached hydrogens (primary N) is 1. The lowest BCUT2D eigenvalue weighted by Crippen LogP contribution is -1.97. The average Bonchev–Trinajstić information content (AvgIpc) is 2.37. The normalized spacial score (nSPS) is 10.3. The van der Waals surface area contributed by atoms with Crippen LogP contribution in [0.25, 0.3) is 0 Å². The van der Waals surface area contributed by atoms with Gasteiger partial charge in [-0.2, -0.15) is 4.98 Å². The third-order valence-electron chi connectivity index (χ3n) is 2.26. The van der Waals surface area contributed by atoms with Gasteiger partial charge in [-0.05, 0) is 12.1 Å². The Balaban J connectivity index is 2.35. The summed E-state index contributed by atoms with van der Waals surface area (Å²) in [6, 6.07) is 4.20. The van der Waals surface area contributed by atoms with Crippen LogP contribution in [0.5, 0.6) is 11.6 Å². The van der Waals surface area contributed by atoms with Gasteiger partial charge in [0.1, 0.15) is 10.8 Å². The fourth-order valence-corrected chi connectivity index (χ4v) is 1.72. The summed E-state index contributed by atoms with van der Waals surface area (Å²) < 4.78 is 18.8. The molecule has 2 rings (SSSR count). The van der Waals surface area contributed by atoms with Crippen LogP contribution in [-0.2, 0) is 0 Å². The van der Waals surface area contributed by atoms with Gasteiger partial charge in [0, 0.05) is 6.07 Å². The number of benzene rings is 1. The van der Waals surface area contributed by atoms with Crippen LogP contribution < -0.4 is 10.5 Å². The molecule has 0 amide bonds. The smallest absolute Gasteiger partial charge is 0.272 e. The highest BCUT2D eigenvalue weighted by atomic mass is 35.5. The van der Waals surface area contributed by atoms with Crippen LogP contribution in [0.4, 0.5) is 15.9 Å². The zero-order valence-corrected chi connectivity index (χ0v) is 11.2. The fourth-order valence-electron chi connectivity index (χ4n) is 1.32. The number of hydrogen-bond donors (Lipinski definition) is 1. The van der Waals surface area contributed by atoms with Gasteiger partial charge in [-0.25, -0.2) is 4.39 Å². The topological polar surface area (TPSA) is 91.3 Å². The molecule has 104 valence electrons. The van der Waals surface area contributed by atoms with Crippen molar-refractivity contribution in [3.8, 4) is 11.6 Å². The highest BCUT2D eigenvalue weighted by Gasteiger charge is 2.15. The van der Waals surface area contributed by atoms with Crippen molar-refractivity contribution in [1.82, 2.24) is 4.98 Å². The number of ether oxygens (including phenoxy) is 1. The van der Waals surface area contributed by atoms with Crippen molar-refractivity contribution in [2.75, 3.05) is 5.73 Å². The van der Waals surface area contributed by atoms with E-state index in [1.54, 1.807) is 0 Å². The zero-order chi connectivity index (χ0) is 14.9. The first kappa shape index (κ1) is 14.3. The van der Waals surface area contributed by atoms with E-state index in [4.69, 9.17) is 33.7 Å². The van der Waals surface area contributed by atoms with Gasteiger partial charge in [0.25, 0.3) is 5.69 Å². The van der Waals surface area contributed by atoms with E-state index >= 15 is 0 Å². The summed E-state index contributed by atoms with van der Waals surface area (Å²) >= 11 is 11.5. The molecule has 0 spiro atoms. The summed E-state index contributed by atoms with van der Waals surface area (Å²) in [5, 5.41) is 10.7. The maximum atomic E-state index is 13.7. The van der Waals surface area contributed by atoms with Crippen LogP contribution in [0.15, 0.2) is 24.3 Å². The number of nitrogen functional groups attached to an aromatic ring is 1. The number of nitro benzene ring substituents is 1. The van der Waals surface area contributed by atoms with Crippen LogP contribution in [0, 0.1) is 15.9 Å². The van der Waals surface area contributed by atoms with Crippen LogP contribution in [0.3, 0.4) is 0 Å². The Hall–Kier alpha value is -2.12. The molecule has 0 radical (unpaired) electrons. The van der Waals surface area contributed by atoms with Gasteiger partial charge in [-0.3, -0.25) is 10.1 Å². The Morgan fingerprint density at radius 2 is 2.00 bits per heavy atom. The quantitative estimate of drug-likeness (QED) is 0.686. The Morgan fingerprint density at radius 1 is 1.30 bits per heavy atom. The van der Waals surface area contributed by atoms with Gasteiger partial charge in [0.2, 0.25) is 5.88 Å². The number of non-ortho nitro benzene ring substituents is 1. The van der Waals surface area contributed by atoms with Gasteiger partial charge in [0.05, 0.1) is 16.0 Å². The molecule has 2 aromatic rings. The standard InChI is InChI=1S/C11H6Cl2FN3O3/c12-6-4-7(13)11(16-10(6)15)20-9-2-1-5(17(18)19)3-8(9)14/h1-4H,(H2,15,16). The van der Waals surface area contributed by atoms with Crippen molar-refractivity contribution < 1.29 is 14.1 Å². The second-order valence-electron chi connectivity index (χ2n) is 3.62. The van der Waals surface area contributed by atoms with Gasteiger partial charge in [-0.15, -0.1) is 0 Å². The van der Waals surface area contributed by atoms with Gasteiger partial charge >= 0.3 is 0 Å². The van der Waals surface area contributed by atoms with E-state index in [1.807, 2.05) is 0 Å². The second-order valence-corrected chi connectivity index (χ2v) is 4.43. The predicted molar refractivity (Wildman–Crippen MR) is 71.8 cm³/mol. The molecule has 0 unspecified atom stereocenters. The van der Waals surface area contributed by atoms with Gasteiger partial charge < -0.3 is 10.5 Å². The molecule has 0 saturated heterocycles. The molecule has 20 heavy (non-hydrogen) atoms. The first-order valence-electron chi connectivity index (χ1n) is 5.12. The molecule has 0 saturated carbocycles. The Kier molecular flexibility index (Phi) is 3.91. The molecule has 9 heteroatoms. The summed E-state index contributed by atoms with van der Waals surface area (Å²) in [7, 11) is 0. The van der Waals surface area contributed by atoms with E-state index in [-0.39, 0.29) is 27.5 Å². The molecule has 0 aliphatic rings. The minimum Gasteiger partial charge on any atom is -0.434 e. The molecule has 1 aromatic carbocycles. The number of aromatic nitrogens is 1. The highest BCUT2D eigenvalue weighted by molar-refractivity contribution is 6.36. The summed E-state index contributed by atoms with van der Waals surface area (Å²) in [5.41, 5.74) is 5.08. The third-order valence-corrected chi connectivity index (χ3v) is 2.83. The monoisotopic (exact) mass is 317 g/mol. The fraction of sp³-hybridized carbons (Fsp3) is 0. The van der Waals surface area contributed by atoms with Crippen molar-refractivity contribution >= 4 is 34.7 Å². The first-order chi connectivity index (χ1) is 9.38. The molecule has 0 aliphatic carbocycles. The lowest BCUT2D eigenvalue weighted by atomic mass is 10.3. The van der Waals surface area contributed by atoms with E-state index in [1.165, 1.54) is 6.07 Å². The van der Waals surface area contributed by atoms with Crippen molar-refractivity contribution in [3.63, 3.8) is 0 Å². The van der Waals surface area contributed by atoms with E-state index in [9.17, 15) is 14.5 Å². The summed E-state index contributed by atoms with van der Waals surface area (Å²) in [5.74, 6) is -1.38. The third kappa shape index (κ3) is 2.89. The van der Waals surface area contributed by atoms with E-state index in [0.29, 0.717) is 0 Å². The van der Waals surface area contributed by atoms with E-state index < -0.39 is 16.4 Å². The highest BCUT2D eigenvalue weighted by Crippen LogP contribution is 2.33. The van der Waals surface area contributed by atoms with Crippen LogP contribution >= 0.6 is 23.2 Å². The molecule has 0 fully saturated rings. The maximum absolute atomic E-state index is 13.7. The molecular weight excluding hydrogens is 312 g/mol. The average molecular weight is 318 g/mol. The lowest BCUT2D eigenvalue weighted by Gasteiger charge is -2.08. The summed E-state index contributed by atoms with van der Waals surface area (Å²) in [6.45, 7) is 0. The van der Waals surface area contributed by atoms with Crippen molar-refractivity contribution in [2.24, 2.45) is 0 Å². The molecule has 6 nitrogen and oxygen atoms in total. The number of anilines is 1. The molecule has 0 aliphatic heterocycles. The van der Waals surface area contributed by atoms with Crippen LogP contribution in [0.1, 0.15) is 0 Å². The van der Waals surface area contributed by atoms with E-state index in [0.717, 1.165) is 18.2 Å². The number of pyridine rings is 1. The Bertz CT molecular complexity index is 697. The number of halogens is 3. The minimum atomic E-state index is -0.925. The maximum Gasteiger partial charge on any atom is 0.272 e. The molecule has 1 aromatic heterocycles. The Labute approximate surface area is 122 Å². The number of hydrogen-bond acceptors (Lipinski definition) is 5. The predicted octanol–water partition coefficient (Wildman–Crippen LogP) is 3.81. The summed E-state index contributed by atoms with van der Waals surface area (Å²) in [4.78, 5) is 13.5. The van der Waals surface area contributed by atoms with E-state index in [2.05, 4.69) is 4.98 Å². The number of nitrogens with zero attached hydrogens (tertiary/aromatic N) is 2. The molecular formula is C11H6Cl2FN3O3. The number of nitro groups is 1. The lowest BCUT2D eigenvalue weighted by molar-refractivity contribution is -0.385.